The van der Waals surface area contributed by atoms with Gasteiger partial charge in [0.1, 0.15) is 12.6 Å². The van der Waals surface area contributed by atoms with Crippen molar-refractivity contribution in [2.45, 2.75) is 57.0 Å². The van der Waals surface area contributed by atoms with Gasteiger partial charge in [0, 0.05) is 12.0 Å². The number of carboxylic acid groups (broad SMARTS) is 1. The normalized spacial score (nSPS) is 20.3. The van der Waals surface area contributed by atoms with Crippen LogP contribution in [0, 0.1) is 5.92 Å². The van der Waals surface area contributed by atoms with Crippen LogP contribution in [0.4, 0.5) is 4.79 Å². The first-order chi connectivity index (χ1) is 16.0. The molecule has 7 heteroatoms. The van der Waals surface area contributed by atoms with Crippen LogP contribution < -0.4 is 10.6 Å². The van der Waals surface area contributed by atoms with E-state index in [2.05, 4.69) is 22.8 Å². The number of benzene rings is 2. The lowest BCUT2D eigenvalue weighted by Gasteiger charge is -2.30. The Morgan fingerprint density at radius 3 is 2.21 bits per heavy atom. The molecule has 0 bridgehead atoms. The minimum absolute atomic E-state index is 0.0596. The minimum Gasteiger partial charge on any atom is -0.481 e. The van der Waals surface area contributed by atoms with Crippen molar-refractivity contribution < 1.29 is 24.2 Å². The lowest BCUT2D eigenvalue weighted by Crippen LogP contribution is -2.53. The summed E-state index contributed by atoms with van der Waals surface area (Å²) in [6.07, 6.45) is 2.63. The third kappa shape index (κ3) is 4.87. The molecule has 7 nitrogen and oxygen atoms in total. The average molecular weight is 451 g/mol. The second-order valence-corrected chi connectivity index (χ2v) is 8.77. The van der Waals surface area contributed by atoms with Gasteiger partial charge in [0.25, 0.3) is 0 Å². The molecule has 0 saturated heterocycles. The molecule has 3 N–H and O–H groups in total. The number of amides is 2. The van der Waals surface area contributed by atoms with Gasteiger partial charge in [-0.15, -0.1) is 0 Å². The van der Waals surface area contributed by atoms with Crippen LogP contribution in [-0.2, 0) is 14.3 Å². The van der Waals surface area contributed by atoms with Crippen LogP contribution in [0.3, 0.4) is 0 Å². The first-order valence-electron chi connectivity index (χ1n) is 11.6. The van der Waals surface area contributed by atoms with Gasteiger partial charge >= 0.3 is 12.1 Å². The molecule has 0 aliphatic heterocycles. The first-order valence-corrected chi connectivity index (χ1v) is 11.6. The number of nitrogens with one attached hydrogen (secondary N) is 2. The van der Waals surface area contributed by atoms with E-state index in [1.807, 2.05) is 36.4 Å². The Hall–Kier alpha value is -3.35. The SMILES string of the molecule is CC[C@H](NC(=O)OCC1c2ccccc2-c2ccccc21)C(=O)N[C@@H]1CCCC[C@@H]1C(=O)O. The molecule has 33 heavy (non-hydrogen) atoms. The summed E-state index contributed by atoms with van der Waals surface area (Å²) in [5.74, 6) is -1.91. The Morgan fingerprint density at radius 1 is 1.00 bits per heavy atom. The van der Waals surface area contributed by atoms with E-state index >= 15 is 0 Å². The molecule has 0 heterocycles. The maximum atomic E-state index is 12.8. The van der Waals surface area contributed by atoms with Crippen LogP contribution in [-0.4, -0.2) is 41.8 Å². The number of fused-ring (bicyclic) bond motifs is 3. The summed E-state index contributed by atoms with van der Waals surface area (Å²) < 4.78 is 5.55. The molecule has 2 aromatic carbocycles. The summed E-state index contributed by atoms with van der Waals surface area (Å²) in [6.45, 7) is 1.96. The van der Waals surface area contributed by atoms with Crippen molar-refractivity contribution in [1.29, 1.82) is 0 Å². The number of rotatable bonds is 7. The Bertz CT molecular complexity index is 991. The highest BCUT2D eigenvalue weighted by Crippen LogP contribution is 2.44. The minimum atomic E-state index is -0.891. The number of hydrogen-bond donors (Lipinski definition) is 3. The first kappa shape index (κ1) is 22.8. The lowest BCUT2D eigenvalue weighted by molar-refractivity contribution is -0.144. The van der Waals surface area contributed by atoms with E-state index in [0.717, 1.165) is 35.1 Å². The van der Waals surface area contributed by atoms with Crippen molar-refractivity contribution in [3.05, 3.63) is 59.7 Å². The van der Waals surface area contributed by atoms with Crippen LogP contribution >= 0.6 is 0 Å². The van der Waals surface area contributed by atoms with Crippen molar-refractivity contribution in [2.75, 3.05) is 6.61 Å². The van der Waals surface area contributed by atoms with Gasteiger partial charge in [-0.3, -0.25) is 9.59 Å². The van der Waals surface area contributed by atoms with E-state index in [1.165, 1.54) is 0 Å². The van der Waals surface area contributed by atoms with E-state index in [9.17, 15) is 19.5 Å². The summed E-state index contributed by atoms with van der Waals surface area (Å²) in [6, 6.07) is 15.0. The van der Waals surface area contributed by atoms with Gasteiger partial charge < -0.3 is 20.5 Å². The van der Waals surface area contributed by atoms with Gasteiger partial charge in [0.15, 0.2) is 0 Å². The van der Waals surface area contributed by atoms with Gasteiger partial charge in [0.05, 0.1) is 5.92 Å². The Balaban J connectivity index is 1.36. The monoisotopic (exact) mass is 450 g/mol. The number of ether oxygens (including phenoxy) is 1. The Morgan fingerprint density at radius 2 is 1.61 bits per heavy atom. The van der Waals surface area contributed by atoms with Crippen LogP contribution in [0.15, 0.2) is 48.5 Å². The van der Waals surface area contributed by atoms with Gasteiger partial charge in [-0.1, -0.05) is 68.3 Å². The molecule has 2 aliphatic rings. The number of carbonyl (C=O) groups excluding carboxylic acids is 2. The largest absolute Gasteiger partial charge is 0.481 e. The number of aliphatic carboxylic acids is 1. The molecule has 2 aliphatic carbocycles. The topological polar surface area (TPSA) is 105 Å². The fraction of sp³-hybridized carbons (Fsp3) is 0.423. The molecule has 3 atom stereocenters. The molecule has 0 aromatic heterocycles. The molecule has 1 fully saturated rings. The molecule has 0 unspecified atom stereocenters. The zero-order valence-corrected chi connectivity index (χ0v) is 18.8. The molecule has 0 spiro atoms. The fourth-order valence-corrected chi connectivity index (χ4v) is 5.02. The highest BCUT2D eigenvalue weighted by atomic mass is 16.5. The van der Waals surface area contributed by atoms with Gasteiger partial charge in [-0.2, -0.15) is 0 Å². The number of alkyl carbamates (subject to hydrolysis) is 1. The fourth-order valence-electron chi connectivity index (χ4n) is 5.02. The van der Waals surface area contributed by atoms with Gasteiger partial charge in [-0.25, -0.2) is 4.79 Å². The number of carboxylic acids is 1. The van der Waals surface area contributed by atoms with Crippen molar-refractivity contribution in [1.82, 2.24) is 10.6 Å². The maximum absolute atomic E-state index is 12.8. The van der Waals surface area contributed by atoms with E-state index in [4.69, 9.17) is 4.74 Å². The van der Waals surface area contributed by atoms with Crippen molar-refractivity contribution >= 4 is 18.0 Å². The molecule has 174 valence electrons. The predicted molar refractivity (Wildman–Crippen MR) is 124 cm³/mol. The van der Waals surface area contributed by atoms with E-state index < -0.39 is 30.1 Å². The molecular weight excluding hydrogens is 420 g/mol. The highest BCUT2D eigenvalue weighted by molar-refractivity contribution is 5.86. The van der Waals surface area contributed by atoms with E-state index in [-0.39, 0.29) is 18.4 Å². The summed E-state index contributed by atoms with van der Waals surface area (Å²) in [5.41, 5.74) is 4.53. The Kier molecular flexibility index (Phi) is 6.96. The van der Waals surface area contributed by atoms with Crippen LogP contribution in [0.25, 0.3) is 11.1 Å². The molecule has 2 amide bonds. The van der Waals surface area contributed by atoms with E-state index in [1.54, 1.807) is 6.92 Å². The zero-order chi connectivity index (χ0) is 23.4. The second-order valence-electron chi connectivity index (χ2n) is 8.77. The third-order valence-corrected chi connectivity index (χ3v) is 6.77. The van der Waals surface area contributed by atoms with Gasteiger partial charge in [0.2, 0.25) is 5.91 Å². The molecule has 0 radical (unpaired) electrons. The number of carbonyl (C=O) groups is 3. The molecule has 1 saturated carbocycles. The third-order valence-electron chi connectivity index (χ3n) is 6.77. The summed E-state index contributed by atoms with van der Waals surface area (Å²) in [5, 5.41) is 14.9. The summed E-state index contributed by atoms with van der Waals surface area (Å²) in [4.78, 5) is 36.8. The average Bonchev–Trinajstić information content (AvgIpc) is 3.15. The van der Waals surface area contributed by atoms with Gasteiger partial charge in [-0.05, 0) is 41.5 Å². The summed E-state index contributed by atoms with van der Waals surface area (Å²) in [7, 11) is 0. The molecule has 4 rings (SSSR count). The highest BCUT2D eigenvalue weighted by Gasteiger charge is 2.34. The van der Waals surface area contributed by atoms with Crippen molar-refractivity contribution in [3.8, 4) is 11.1 Å². The zero-order valence-electron chi connectivity index (χ0n) is 18.8. The second kappa shape index (κ2) is 10.1. The quantitative estimate of drug-likeness (QED) is 0.590. The van der Waals surface area contributed by atoms with E-state index in [0.29, 0.717) is 19.3 Å². The number of hydrogen-bond acceptors (Lipinski definition) is 4. The lowest BCUT2D eigenvalue weighted by atomic mass is 9.84. The molecule has 2 aromatic rings. The van der Waals surface area contributed by atoms with Crippen LogP contribution in [0.5, 0.6) is 0 Å². The predicted octanol–water partition coefficient (Wildman–Crippen LogP) is 4.06. The van der Waals surface area contributed by atoms with Crippen LogP contribution in [0.1, 0.15) is 56.1 Å². The van der Waals surface area contributed by atoms with Crippen molar-refractivity contribution in [3.63, 3.8) is 0 Å². The van der Waals surface area contributed by atoms with Crippen LogP contribution in [0.2, 0.25) is 0 Å². The van der Waals surface area contributed by atoms with Crippen molar-refractivity contribution in [2.24, 2.45) is 5.92 Å². The standard InChI is InChI=1S/C26H30N2O5/c1-2-22(24(29)27-23-14-8-7-13-20(23)25(30)31)28-26(32)33-15-21-18-11-5-3-9-16(18)17-10-4-6-12-19(17)21/h3-6,9-12,20-23H,2,7-8,13-15H2,1H3,(H,27,29)(H,28,32)(H,30,31)/t20-,22-,23+/m0/s1. The summed E-state index contributed by atoms with van der Waals surface area (Å²) >= 11 is 0. The smallest absolute Gasteiger partial charge is 0.407 e. The maximum Gasteiger partial charge on any atom is 0.407 e. The molecular formula is C26H30N2O5. The Labute approximate surface area is 193 Å².